The fraction of sp³-hybridized carbons (Fsp3) is 0.174. The smallest absolute Gasteiger partial charge is 0.262 e. The zero-order valence-electron chi connectivity index (χ0n) is 16.6. The number of nitrogens with zero attached hydrogens (tertiary/aromatic N) is 2. The lowest BCUT2D eigenvalue weighted by atomic mass is 10.1. The van der Waals surface area contributed by atoms with Crippen LogP contribution in [0.25, 0.3) is 21.7 Å². The number of benzene rings is 3. The molecule has 3 aromatic carbocycles. The lowest BCUT2D eigenvalue weighted by molar-refractivity contribution is -0.115. The first-order valence-corrected chi connectivity index (χ1v) is 10.5. The minimum absolute atomic E-state index is 0.126. The molecule has 1 unspecified atom stereocenters. The molecular formula is C23H20FN3O2S. The SMILES string of the molecule is CCn1c(SC(C)C(=O)Nc2ccccc2F)nc2cc3ccccc3cc2c1=O. The standard InChI is InChI=1S/C23H20FN3O2S/c1-3-27-22(29)17-12-15-8-4-5-9-16(15)13-20(17)26-23(27)30-14(2)21(28)25-19-11-7-6-10-18(19)24/h4-14H,3H2,1-2H3,(H,25,28). The summed E-state index contributed by atoms with van der Waals surface area (Å²) in [6.07, 6.45) is 0. The van der Waals surface area contributed by atoms with Crippen LogP contribution >= 0.6 is 11.8 Å². The predicted molar refractivity (Wildman–Crippen MR) is 120 cm³/mol. The van der Waals surface area contributed by atoms with Gasteiger partial charge in [0.1, 0.15) is 5.82 Å². The van der Waals surface area contributed by atoms with Crippen molar-refractivity contribution in [2.24, 2.45) is 0 Å². The van der Waals surface area contributed by atoms with Crippen LogP contribution in [-0.4, -0.2) is 20.7 Å². The van der Waals surface area contributed by atoms with Crippen molar-refractivity contribution in [3.05, 3.63) is 76.8 Å². The maximum atomic E-state index is 13.8. The van der Waals surface area contributed by atoms with Crippen molar-refractivity contribution in [3.63, 3.8) is 0 Å². The second-order valence-electron chi connectivity index (χ2n) is 6.89. The molecule has 7 heteroatoms. The van der Waals surface area contributed by atoms with Crippen molar-refractivity contribution in [2.45, 2.75) is 30.8 Å². The van der Waals surface area contributed by atoms with Crippen LogP contribution in [0, 0.1) is 5.82 Å². The zero-order valence-corrected chi connectivity index (χ0v) is 17.4. The van der Waals surface area contributed by atoms with Gasteiger partial charge in [0.2, 0.25) is 5.91 Å². The van der Waals surface area contributed by atoms with Gasteiger partial charge in [-0.1, -0.05) is 48.2 Å². The van der Waals surface area contributed by atoms with E-state index in [1.807, 2.05) is 43.3 Å². The Hall–Kier alpha value is -3.19. The van der Waals surface area contributed by atoms with Crippen LogP contribution < -0.4 is 10.9 Å². The predicted octanol–water partition coefficient (Wildman–Crippen LogP) is 4.83. The van der Waals surface area contributed by atoms with Crippen molar-refractivity contribution in [1.29, 1.82) is 0 Å². The van der Waals surface area contributed by atoms with Crippen molar-refractivity contribution < 1.29 is 9.18 Å². The average Bonchev–Trinajstić information content (AvgIpc) is 2.74. The van der Waals surface area contributed by atoms with Gasteiger partial charge in [0.15, 0.2) is 5.16 Å². The van der Waals surface area contributed by atoms with Crippen LogP contribution in [0.1, 0.15) is 13.8 Å². The van der Waals surface area contributed by atoms with Gasteiger partial charge >= 0.3 is 0 Å². The minimum Gasteiger partial charge on any atom is -0.323 e. The van der Waals surface area contributed by atoms with E-state index in [2.05, 4.69) is 10.3 Å². The zero-order chi connectivity index (χ0) is 21.3. The number of hydrogen-bond donors (Lipinski definition) is 1. The molecule has 1 heterocycles. The molecule has 0 radical (unpaired) electrons. The van der Waals surface area contributed by atoms with E-state index in [4.69, 9.17) is 0 Å². The van der Waals surface area contributed by atoms with Gasteiger partial charge in [-0.25, -0.2) is 9.37 Å². The van der Waals surface area contributed by atoms with Crippen molar-refractivity contribution in [3.8, 4) is 0 Å². The molecule has 152 valence electrons. The highest BCUT2D eigenvalue weighted by atomic mass is 32.2. The third-order valence-corrected chi connectivity index (χ3v) is 5.98. The molecule has 0 aliphatic carbocycles. The second-order valence-corrected chi connectivity index (χ2v) is 8.20. The summed E-state index contributed by atoms with van der Waals surface area (Å²) in [4.78, 5) is 30.3. The lowest BCUT2D eigenvalue weighted by Crippen LogP contribution is -2.27. The van der Waals surface area contributed by atoms with Crippen LogP contribution in [0.2, 0.25) is 0 Å². The van der Waals surface area contributed by atoms with E-state index in [0.717, 1.165) is 10.8 Å². The molecule has 1 aromatic heterocycles. The van der Waals surface area contributed by atoms with Crippen molar-refractivity contribution in [2.75, 3.05) is 5.32 Å². The monoisotopic (exact) mass is 421 g/mol. The lowest BCUT2D eigenvalue weighted by Gasteiger charge is -2.16. The Labute approximate surface area is 176 Å². The summed E-state index contributed by atoms with van der Waals surface area (Å²) >= 11 is 1.18. The number of rotatable bonds is 5. The Morgan fingerprint density at radius 3 is 2.50 bits per heavy atom. The number of para-hydroxylation sites is 1. The van der Waals surface area contributed by atoms with Gasteiger partial charge in [0, 0.05) is 6.54 Å². The summed E-state index contributed by atoms with van der Waals surface area (Å²) in [6.45, 7) is 4.00. The summed E-state index contributed by atoms with van der Waals surface area (Å²) in [6, 6.07) is 17.6. The molecule has 1 N–H and O–H groups in total. The number of hydrogen-bond acceptors (Lipinski definition) is 4. The first-order chi connectivity index (χ1) is 14.5. The van der Waals surface area contributed by atoms with Gasteiger partial charge in [-0.2, -0.15) is 0 Å². The summed E-state index contributed by atoms with van der Waals surface area (Å²) in [5.74, 6) is -0.857. The highest BCUT2D eigenvalue weighted by Gasteiger charge is 2.20. The first kappa shape index (κ1) is 20.1. The molecule has 0 fully saturated rings. The second kappa shape index (κ2) is 8.28. The Morgan fingerprint density at radius 1 is 1.13 bits per heavy atom. The Balaban J connectivity index is 1.69. The molecule has 0 aliphatic rings. The van der Waals surface area contributed by atoms with E-state index in [9.17, 15) is 14.0 Å². The maximum absolute atomic E-state index is 13.8. The van der Waals surface area contributed by atoms with E-state index in [-0.39, 0.29) is 17.2 Å². The Kier molecular flexibility index (Phi) is 5.55. The summed E-state index contributed by atoms with van der Waals surface area (Å²) < 4.78 is 15.4. The van der Waals surface area contributed by atoms with Crippen LogP contribution in [0.15, 0.2) is 70.6 Å². The molecule has 5 nitrogen and oxygen atoms in total. The molecule has 0 spiro atoms. The fourth-order valence-electron chi connectivity index (χ4n) is 3.27. The molecule has 1 amide bonds. The van der Waals surface area contributed by atoms with Crippen molar-refractivity contribution in [1.82, 2.24) is 9.55 Å². The molecule has 4 rings (SSSR count). The number of amides is 1. The molecule has 0 saturated carbocycles. The van der Waals surface area contributed by atoms with Gasteiger partial charge in [0.05, 0.1) is 21.8 Å². The van der Waals surface area contributed by atoms with Gasteiger partial charge in [0.25, 0.3) is 5.56 Å². The molecule has 4 aromatic rings. The number of anilines is 1. The number of aromatic nitrogens is 2. The van der Waals surface area contributed by atoms with E-state index < -0.39 is 11.1 Å². The van der Waals surface area contributed by atoms with Gasteiger partial charge in [-0.05, 0) is 48.9 Å². The molecule has 0 aliphatic heterocycles. The summed E-state index contributed by atoms with van der Waals surface area (Å²) in [5.41, 5.74) is 0.575. The number of carbonyl (C=O) groups is 1. The van der Waals surface area contributed by atoms with E-state index in [1.165, 1.54) is 23.9 Å². The number of fused-ring (bicyclic) bond motifs is 2. The van der Waals surface area contributed by atoms with E-state index in [1.54, 1.807) is 23.6 Å². The largest absolute Gasteiger partial charge is 0.323 e. The normalized spacial score (nSPS) is 12.2. The van der Waals surface area contributed by atoms with E-state index >= 15 is 0 Å². The average molecular weight is 421 g/mol. The topological polar surface area (TPSA) is 64.0 Å². The molecular weight excluding hydrogens is 401 g/mol. The van der Waals surface area contributed by atoms with Gasteiger partial charge in [-0.15, -0.1) is 0 Å². The molecule has 1 atom stereocenters. The number of thioether (sulfide) groups is 1. The molecule has 30 heavy (non-hydrogen) atoms. The van der Waals surface area contributed by atoms with Crippen molar-refractivity contribution >= 4 is 45.0 Å². The van der Waals surface area contributed by atoms with Gasteiger partial charge < -0.3 is 5.32 Å². The highest BCUT2D eigenvalue weighted by Crippen LogP contribution is 2.26. The molecule has 0 saturated heterocycles. The van der Waals surface area contributed by atoms with Gasteiger partial charge in [-0.3, -0.25) is 14.2 Å². The summed E-state index contributed by atoms with van der Waals surface area (Å²) in [5, 5.41) is 4.99. The van der Waals surface area contributed by atoms with Crippen LogP contribution in [-0.2, 0) is 11.3 Å². The number of carbonyl (C=O) groups excluding carboxylic acids is 1. The minimum atomic E-state index is -0.577. The fourth-order valence-corrected chi connectivity index (χ4v) is 4.24. The third-order valence-electron chi connectivity index (χ3n) is 4.89. The van der Waals surface area contributed by atoms with Crippen LogP contribution in [0.3, 0.4) is 0 Å². The van der Waals surface area contributed by atoms with E-state index in [0.29, 0.717) is 22.6 Å². The number of nitrogens with one attached hydrogen (secondary N) is 1. The summed E-state index contributed by atoms with van der Waals surface area (Å²) in [7, 11) is 0. The Morgan fingerprint density at radius 2 is 1.80 bits per heavy atom. The molecule has 0 bridgehead atoms. The number of halogens is 1. The quantitative estimate of drug-likeness (QED) is 0.285. The maximum Gasteiger partial charge on any atom is 0.262 e. The van der Waals surface area contributed by atoms with Crippen LogP contribution in [0.5, 0.6) is 0 Å². The highest BCUT2D eigenvalue weighted by molar-refractivity contribution is 8.00. The third kappa shape index (κ3) is 3.80. The van der Waals surface area contributed by atoms with Crippen LogP contribution in [0.4, 0.5) is 10.1 Å². The first-order valence-electron chi connectivity index (χ1n) is 9.63. The Bertz CT molecular complexity index is 1320.